The largest absolute Gasteiger partial charge is 0.441 e. The molecule has 0 aliphatic carbocycles. The number of ether oxygens (including phenoxy) is 1. The fourth-order valence-electron chi connectivity index (χ4n) is 4.44. The van der Waals surface area contributed by atoms with Crippen LogP contribution in [-0.4, -0.2) is 5.97 Å². The number of cyclic esters (lactones) is 1. The summed E-state index contributed by atoms with van der Waals surface area (Å²) in [6.07, 6.45) is 0. The van der Waals surface area contributed by atoms with Crippen molar-refractivity contribution in [1.82, 2.24) is 0 Å². The molecule has 1 aliphatic rings. The van der Waals surface area contributed by atoms with Gasteiger partial charge < -0.3 is 4.74 Å². The van der Waals surface area contributed by atoms with E-state index in [4.69, 9.17) is 4.74 Å². The molecule has 27 heavy (non-hydrogen) atoms. The van der Waals surface area contributed by atoms with Gasteiger partial charge in [0.25, 0.3) is 0 Å². The van der Waals surface area contributed by atoms with Crippen molar-refractivity contribution >= 4 is 5.97 Å². The van der Waals surface area contributed by atoms with E-state index in [1.54, 1.807) is 0 Å². The van der Waals surface area contributed by atoms with E-state index in [0.29, 0.717) is 5.56 Å². The maximum absolute atomic E-state index is 13.0. The fraction of sp³-hybridized carbons (Fsp3) is 0.240. The Morgan fingerprint density at radius 3 is 1.74 bits per heavy atom. The molecule has 0 N–H and O–H groups in total. The Bertz CT molecular complexity index is 1020. The summed E-state index contributed by atoms with van der Waals surface area (Å²) in [4.78, 5) is 13.0. The van der Waals surface area contributed by atoms with Gasteiger partial charge in [0.15, 0.2) is 5.60 Å². The van der Waals surface area contributed by atoms with Crippen molar-refractivity contribution in [1.29, 1.82) is 0 Å². The molecule has 0 bridgehead atoms. The summed E-state index contributed by atoms with van der Waals surface area (Å²) in [6.45, 7) is 10.3. The van der Waals surface area contributed by atoms with Crippen LogP contribution in [0.5, 0.6) is 0 Å². The molecule has 0 radical (unpaired) electrons. The van der Waals surface area contributed by atoms with Crippen LogP contribution < -0.4 is 0 Å². The van der Waals surface area contributed by atoms with Gasteiger partial charge in [0.1, 0.15) is 0 Å². The van der Waals surface area contributed by atoms with Gasteiger partial charge in [-0.25, -0.2) is 4.79 Å². The van der Waals surface area contributed by atoms with Gasteiger partial charge in [-0.1, -0.05) is 65.7 Å². The zero-order valence-corrected chi connectivity index (χ0v) is 16.5. The Labute approximate surface area is 160 Å². The molecule has 0 fully saturated rings. The van der Waals surface area contributed by atoms with E-state index >= 15 is 0 Å². The molecular formula is C25H24O2. The number of hydrogen-bond acceptors (Lipinski definition) is 2. The van der Waals surface area contributed by atoms with Crippen molar-refractivity contribution in [2.75, 3.05) is 0 Å². The van der Waals surface area contributed by atoms with Crippen LogP contribution in [0.1, 0.15) is 54.9 Å². The smallest absolute Gasteiger partial charge is 0.340 e. The third-order valence-electron chi connectivity index (χ3n) is 5.62. The number of carbonyl (C=O) groups excluding carboxylic acids is 1. The molecule has 2 heteroatoms. The lowest BCUT2D eigenvalue weighted by Gasteiger charge is -2.33. The third-order valence-corrected chi connectivity index (χ3v) is 5.62. The summed E-state index contributed by atoms with van der Waals surface area (Å²) in [5.74, 6) is -0.247. The summed E-state index contributed by atoms with van der Waals surface area (Å²) < 4.78 is 6.27. The van der Waals surface area contributed by atoms with Gasteiger partial charge in [-0.15, -0.1) is 0 Å². The molecule has 0 saturated carbocycles. The standard InChI is InChI=1S/C25H24O2/c1-15-9-11-20(18(4)13-15)25(21-12-10-16(2)14-19(21)5)22-8-6-7-17(3)23(22)24(26)27-25/h6-14H,1-5H3. The van der Waals surface area contributed by atoms with Crippen molar-refractivity contribution < 1.29 is 9.53 Å². The Morgan fingerprint density at radius 1 is 0.667 bits per heavy atom. The van der Waals surface area contributed by atoms with Crippen LogP contribution in [0.25, 0.3) is 0 Å². The van der Waals surface area contributed by atoms with E-state index in [9.17, 15) is 4.79 Å². The number of carbonyl (C=O) groups is 1. The van der Waals surface area contributed by atoms with Crippen molar-refractivity contribution in [3.8, 4) is 0 Å². The molecule has 0 amide bonds. The van der Waals surface area contributed by atoms with E-state index in [2.05, 4.69) is 64.1 Å². The van der Waals surface area contributed by atoms with Crippen LogP contribution in [-0.2, 0) is 10.3 Å². The van der Waals surface area contributed by atoms with Crippen LogP contribution in [0.3, 0.4) is 0 Å². The van der Waals surface area contributed by atoms with Crippen molar-refractivity contribution in [2.24, 2.45) is 0 Å². The second-order valence-electron chi connectivity index (χ2n) is 7.70. The molecule has 1 heterocycles. The first-order valence-electron chi connectivity index (χ1n) is 9.33. The van der Waals surface area contributed by atoms with Crippen LogP contribution in [0.4, 0.5) is 0 Å². The molecule has 0 spiro atoms. The van der Waals surface area contributed by atoms with Gasteiger partial charge in [0, 0.05) is 16.7 Å². The predicted molar refractivity (Wildman–Crippen MR) is 108 cm³/mol. The quantitative estimate of drug-likeness (QED) is 0.551. The first-order valence-corrected chi connectivity index (χ1v) is 9.33. The van der Waals surface area contributed by atoms with Crippen LogP contribution in [0, 0.1) is 34.6 Å². The minimum absolute atomic E-state index is 0.247. The van der Waals surface area contributed by atoms with Gasteiger partial charge in [-0.05, 0) is 51.3 Å². The molecule has 2 nitrogen and oxygen atoms in total. The van der Waals surface area contributed by atoms with Crippen molar-refractivity contribution in [2.45, 2.75) is 40.2 Å². The van der Waals surface area contributed by atoms with Gasteiger partial charge >= 0.3 is 5.97 Å². The molecule has 0 atom stereocenters. The van der Waals surface area contributed by atoms with Crippen molar-refractivity contribution in [3.63, 3.8) is 0 Å². The molecule has 0 aromatic heterocycles. The molecule has 1 aliphatic heterocycles. The lowest BCUT2D eigenvalue weighted by Crippen LogP contribution is -2.31. The Hall–Kier alpha value is -2.87. The number of fused-ring (bicyclic) bond motifs is 1. The second kappa shape index (κ2) is 6.09. The van der Waals surface area contributed by atoms with Crippen molar-refractivity contribution in [3.05, 3.63) is 105 Å². The Morgan fingerprint density at radius 2 is 1.22 bits per heavy atom. The van der Waals surface area contributed by atoms with Crippen LogP contribution in [0.2, 0.25) is 0 Å². The van der Waals surface area contributed by atoms with E-state index in [1.807, 2.05) is 25.1 Å². The molecule has 4 rings (SSSR count). The van der Waals surface area contributed by atoms with E-state index < -0.39 is 5.60 Å². The van der Waals surface area contributed by atoms with E-state index in [-0.39, 0.29) is 5.97 Å². The Kier molecular flexibility index (Phi) is 3.96. The molecular weight excluding hydrogens is 332 g/mol. The van der Waals surface area contributed by atoms with E-state index in [1.165, 1.54) is 11.1 Å². The average Bonchev–Trinajstić information content (AvgIpc) is 2.89. The monoisotopic (exact) mass is 356 g/mol. The van der Waals surface area contributed by atoms with Gasteiger partial charge in [0.2, 0.25) is 0 Å². The molecule has 3 aromatic carbocycles. The van der Waals surface area contributed by atoms with Gasteiger partial charge in [0.05, 0.1) is 5.56 Å². The maximum atomic E-state index is 13.0. The SMILES string of the molecule is Cc1ccc(C2(c3ccc(C)cc3C)OC(=O)c3c(C)cccc32)c(C)c1. The molecule has 136 valence electrons. The normalized spacial score (nSPS) is 14.8. The third kappa shape index (κ3) is 2.51. The highest BCUT2D eigenvalue weighted by Gasteiger charge is 2.50. The predicted octanol–water partition coefficient (Wildman–Crippen LogP) is 5.69. The highest BCUT2D eigenvalue weighted by Crippen LogP contribution is 2.49. The lowest BCUT2D eigenvalue weighted by molar-refractivity contribution is 0.0248. The summed E-state index contributed by atoms with van der Waals surface area (Å²) in [5.41, 5.74) is 8.36. The minimum atomic E-state index is -0.909. The van der Waals surface area contributed by atoms with Gasteiger partial charge in [-0.2, -0.15) is 0 Å². The fourth-order valence-corrected chi connectivity index (χ4v) is 4.44. The highest BCUT2D eigenvalue weighted by atomic mass is 16.6. The zero-order chi connectivity index (χ0) is 19.3. The summed E-state index contributed by atoms with van der Waals surface area (Å²) in [5, 5.41) is 0. The van der Waals surface area contributed by atoms with Gasteiger partial charge in [-0.3, -0.25) is 0 Å². The minimum Gasteiger partial charge on any atom is -0.441 e. The zero-order valence-electron chi connectivity index (χ0n) is 16.5. The van der Waals surface area contributed by atoms with Crippen LogP contribution >= 0.6 is 0 Å². The number of esters is 1. The van der Waals surface area contributed by atoms with Crippen LogP contribution in [0.15, 0.2) is 54.6 Å². The van der Waals surface area contributed by atoms with E-state index in [0.717, 1.165) is 33.4 Å². The first kappa shape index (κ1) is 17.5. The number of hydrogen-bond donors (Lipinski definition) is 0. The molecule has 0 unspecified atom stereocenters. The molecule has 3 aromatic rings. The number of benzene rings is 3. The number of rotatable bonds is 2. The highest BCUT2D eigenvalue weighted by molar-refractivity contribution is 5.98. The first-order chi connectivity index (χ1) is 12.8. The molecule has 0 saturated heterocycles. The average molecular weight is 356 g/mol. The maximum Gasteiger partial charge on any atom is 0.340 e. The number of aryl methyl sites for hydroxylation is 5. The Balaban J connectivity index is 2.13. The lowest BCUT2D eigenvalue weighted by atomic mass is 9.75. The summed E-state index contributed by atoms with van der Waals surface area (Å²) in [6, 6.07) is 18.7. The second-order valence-corrected chi connectivity index (χ2v) is 7.70. The summed E-state index contributed by atoms with van der Waals surface area (Å²) >= 11 is 0. The topological polar surface area (TPSA) is 26.3 Å². The summed E-state index contributed by atoms with van der Waals surface area (Å²) in [7, 11) is 0.